The molecule has 2 aliphatic rings. The first-order valence-electron chi connectivity index (χ1n) is 5.17. The molecule has 1 heterocycles. The third-order valence-corrected chi connectivity index (χ3v) is 3.55. The number of hydrogen-bond acceptors (Lipinski definition) is 2. The summed E-state index contributed by atoms with van der Waals surface area (Å²) in [6.07, 6.45) is 0. The minimum absolute atomic E-state index is 0.681. The maximum absolute atomic E-state index is 3.72. The van der Waals surface area contributed by atoms with Gasteiger partial charge in [-0.25, -0.2) is 0 Å². The Kier molecular flexibility index (Phi) is 2.13. The van der Waals surface area contributed by atoms with Gasteiger partial charge in [0.2, 0.25) is 0 Å². The van der Waals surface area contributed by atoms with E-state index in [9.17, 15) is 0 Å². The molecule has 1 aliphatic carbocycles. The van der Waals surface area contributed by atoms with E-state index < -0.39 is 0 Å². The highest BCUT2D eigenvalue weighted by molar-refractivity contribution is 5.09. The summed E-state index contributed by atoms with van der Waals surface area (Å²) < 4.78 is 0. The zero-order chi connectivity index (χ0) is 8.72. The van der Waals surface area contributed by atoms with Crippen molar-refractivity contribution in [3.8, 4) is 0 Å². The van der Waals surface area contributed by atoms with Gasteiger partial charge in [-0.05, 0) is 37.8 Å². The van der Waals surface area contributed by atoms with Crippen LogP contribution < -0.4 is 10.6 Å². The predicted octanol–water partition coefficient (Wildman–Crippen LogP) is 0.838. The number of piperidine rings is 1. The summed E-state index contributed by atoms with van der Waals surface area (Å²) in [4.78, 5) is 0. The Morgan fingerprint density at radius 1 is 1.17 bits per heavy atom. The molecule has 2 heteroatoms. The van der Waals surface area contributed by atoms with E-state index in [2.05, 4.69) is 31.4 Å². The predicted molar refractivity (Wildman–Crippen MR) is 51.1 cm³/mol. The number of rotatable bonds is 3. The second-order valence-electron chi connectivity index (χ2n) is 4.71. The molecule has 12 heavy (non-hydrogen) atoms. The highest BCUT2D eigenvalue weighted by atomic mass is 15.1. The van der Waals surface area contributed by atoms with Crippen LogP contribution in [0.4, 0.5) is 0 Å². The molecule has 70 valence electrons. The van der Waals surface area contributed by atoms with E-state index in [1.54, 1.807) is 0 Å². The fourth-order valence-electron chi connectivity index (χ4n) is 2.16. The molecule has 3 atom stereocenters. The first-order chi connectivity index (χ1) is 5.70. The van der Waals surface area contributed by atoms with Gasteiger partial charge in [-0.3, -0.25) is 0 Å². The lowest BCUT2D eigenvalue weighted by molar-refractivity contribution is 0.401. The molecule has 2 nitrogen and oxygen atoms in total. The summed E-state index contributed by atoms with van der Waals surface area (Å²) in [5.41, 5.74) is 0. The molecule has 2 fully saturated rings. The van der Waals surface area contributed by atoms with Crippen molar-refractivity contribution >= 4 is 0 Å². The third-order valence-electron chi connectivity index (χ3n) is 3.55. The monoisotopic (exact) mass is 168 g/mol. The Balaban J connectivity index is 1.75. The van der Waals surface area contributed by atoms with Gasteiger partial charge < -0.3 is 10.6 Å². The van der Waals surface area contributed by atoms with Crippen molar-refractivity contribution in [2.45, 2.75) is 32.9 Å². The van der Waals surface area contributed by atoms with E-state index in [0.29, 0.717) is 6.04 Å². The van der Waals surface area contributed by atoms with Crippen LogP contribution in [0.2, 0.25) is 0 Å². The number of nitrogens with one attached hydrogen (secondary N) is 2. The molecule has 0 radical (unpaired) electrons. The SMILES string of the molecule is CC(C)C(C)NC1C2CNCC21. The fraction of sp³-hybridized carbons (Fsp3) is 1.00. The van der Waals surface area contributed by atoms with Gasteiger partial charge in [0.15, 0.2) is 0 Å². The van der Waals surface area contributed by atoms with Gasteiger partial charge in [0.05, 0.1) is 0 Å². The van der Waals surface area contributed by atoms with Gasteiger partial charge in [0.25, 0.3) is 0 Å². The summed E-state index contributed by atoms with van der Waals surface area (Å²) in [5.74, 6) is 2.66. The van der Waals surface area contributed by atoms with Crippen LogP contribution in [0.5, 0.6) is 0 Å². The summed E-state index contributed by atoms with van der Waals surface area (Å²) in [6, 6.07) is 1.52. The second-order valence-corrected chi connectivity index (χ2v) is 4.71. The van der Waals surface area contributed by atoms with Crippen LogP contribution in [0.3, 0.4) is 0 Å². The lowest BCUT2D eigenvalue weighted by atomic mass is 10.1. The summed E-state index contributed by atoms with van der Waals surface area (Å²) in [7, 11) is 0. The van der Waals surface area contributed by atoms with Crippen LogP contribution in [0.15, 0.2) is 0 Å². The molecule has 0 amide bonds. The molecular weight excluding hydrogens is 148 g/mol. The van der Waals surface area contributed by atoms with Crippen molar-refractivity contribution in [1.82, 2.24) is 10.6 Å². The highest BCUT2D eigenvalue weighted by Crippen LogP contribution is 2.42. The molecule has 1 aliphatic heterocycles. The zero-order valence-corrected chi connectivity index (χ0v) is 8.30. The van der Waals surface area contributed by atoms with Crippen molar-refractivity contribution in [2.75, 3.05) is 13.1 Å². The van der Waals surface area contributed by atoms with Crippen LogP contribution in [-0.2, 0) is 0 Å². The van der Waals surface area contributed by atoms with Gasteiger partial charge in [0.1, 0.15) is 0 Å². The molecule has 0 aromatic carbocycles. The molecule has 1 saturated heterocycles. The van der Waals surface area contributed by atoms with Crippen LogP contribution >= 0.6 is 0 Å². The number of fused-ring (bicyclic) bond motifs is 1. The second kappa shape index (κ2) is 3.00. The minimum atomic E-state index is 0.681. The van der Waals surface area contributed by atoms with Gasteiger partial charge >= 0.3 is 0 Å². The topological polar surface area (TPSA) is 24.1 Å². The maximum Gasteiger partial charge on any atom is 0.0158 e. The van der Waals surface area contributed by atoms with Crippen molar-refractivity contribution in [2.24, 2.45) is 17.8 Å². The molecule has 2 N–H and O–H groups in total. The third kappa shape index (κ3) is 1.38. The smallest absolute Gasteiger partial charge is 0.0158 e. The average molecular weight is 168 g/mol. The Morgan fingerprint density at radius 3 is 2.25 bits per heavy atom. The standard InChI is InChI=1S/C10H20N2/c1-6(2)7(3)12-10-8-4-11-5-9(8)10/h6-12H,4-5H2,1-3H3. The van der Waals surface area contributed by atoms with E-state index in [4.69, 9.17) is 0 Å². The molecule has 3 unspecified atom stereocenters. The Labute approximate surface area is 75.1 Å². The van der Waals surface area contributed by atoms with E-state index >= 15 is 0 Å². The van der Waals surface area contributed by atoms with Gasteiger partial charge in [-0.1, -0.05) is 13.8 Å². The van der Waals surface area contributed by atoms with Crippen LogP contribution in [0, 0.1) is 17.8 Å². The first kappa shape index (κ1) is 8.52. The molecule has 0 spiro atoms. The van der Waals surface area contributed by atoms with Gasteiger partial charge in [-0.2, -0.15) is 0 Å². The Bertz CT molecular complexity index is 157. The van der Waals surface area contributed by atoms with Gasteiger partial charge in [0, 0.05) is 12.1 Å². The zero-order valence-electron chi connectivity index (χ0n) is 8.30. The van der Waals surface area contributed by atoms with E-state index in [-0.39, 0.29) is 0 Å². The average Bonchev–Trinajstić information content (AvgIpc) is 2.46. The molecule has 2 rings (SSSR count). The molecular formula is C10H20N2. The van der Waals surface area contributed by atoms with E-state index in [1.807, 2.05) is 0 Å². The van der Waals surface area contributed by atoms with Crippen molar-refractivity contribution in [1.29, 1.82) is 0 Å². The minimum Gasteiger partial charge on any atom is -0.316 e. The summed E-state index contributed by atoms with van der Waals surface area (Å²) >= 11 is 0. The Morgan fingerprint density at radius 2 is 1.75 bits per heavy atom. The van der Waals surface area contributed by atoms with Crippen molar-refractivity contribution < 1.29 is 0 Å². The first-order valence-corrected chi connectivity index (χ1v) is 5.17. The van der Waals surface area contributed by atoms with E-state index in [1.165, 1.54) is 13.1 Å². The summed E-state index contributed by atoms with van der Waals surface area (Å²) in [5, 5.41) is 7.13. The summed E-state index contributed by atoms with van der Waals surface area (Å²) in [6.45, 7) is 9.36. The van der Waals surface area contributed by atoms with Crippen LogP contribution in [0.25, 0.3) is 0 Å². The van der Waals surface area contributed by atoms with Crippen molar-refractivity contribution in [3.05, 3.63) is 0 Å². The molecule has 1 saturated carbocycles. The quantitative estimate of drug-likeness (QED) is 0.652. The van der Waals surface area contributed by atoms with Crippen LogP contribution in [0.1, 0.15) is 20.8 Å². The fourth-order valence-corrected chi connectivity index (χ4v) is 2.16. The molecule has 0 aromatic rings. The highest BCUT2D eigenvalue weighted by Gasteiger charge is 2.52. The number of hydrogen-bond donors (Lipinski definition) is 2. The lowest BCUT2D eigenvalue weighted by Gasteiger charge is -2.18. The van der Waals surface area contributed by atoms with Crippen LogP contribution in [-0.4, -0.2) is 25.2 Å². The maximum atomic E-state index is 3.72. The van der Waals surface area contributed by atoms with Gasteiger partial charge in [-0.15, -0.1) is 0 Å². The molecule has 0 bridgehead atoms. The van der Waals surface area contributed by atoms with E-state index in [0.717, 1.165) is 23.8 Å². The lowest BCUT2D eigenvalue weighted by Crippen LogP contribution is -2.37. The normalized spacial score (nSPS) is 41.5. The Hall–Kier alpha value is -0.0800. The van der Waals surface area contributed by atoms with Crippen molar-refractivity contribution in [3.63, 3.8) is 0 Å². The largest absolute Gasteiger partial charge is 0.316 e. The molecule has 0 aromatic heterocycles.